The summed E-state index contributed by atoms with van der Waals surface area (Å²) in [7, 11) is 0. The fraction of sp³-hybridized carbons (Fsp3) is 0.538. The van der Waals surface area contributed by atoms with E-state index in [1.54, 1.807) is 12.1 Å². The number of ketones is 1. The molecule has 0 aromatic heterocycles. The molecule has 2 aliphatic rings. The highest BCUT2D eigenvalue weighted by molar-refractivity contribution is 6.01. The molecule has 0 spiro atoms. The Balaban J connectivity index is 1.69. The van der Waals surface area contributed by atoms with Gasteiger partial charge in [0.2, 0.25) is 17.7 Å². The number of piperidine rings is 1. The smallest absolute Gasteiger partial charge is 0.246 e. The molecule has 2 fully saturated rings. The third-order valence-electron chi connectivity index (χ3n) is 6.43. The van der Waals surface area contributed by atoms with Gasteiger partial charge in [-0.25, -0.2) is 0 Å². The van der Waals surface area contributed by atoms with E-state index in [0.717, 1.165) is 24.2 Å². The molecule has 0 saturated carbocycles. The number of Topliss-reactive ketones (excluding diaryl/α,β-unsaturated/α-hetero) is 1. The summed E-state index contributed by atoms with van der Waals surface area (Å²) in [5.41, 5.74) is 1.01. The monoisotopic (exact) mass is 466 g/mol. The molecule has 2 aliphatic heterocycles. The van der Waals surface area contributed by atoms with Crippen molar-refractivity contribution in [2.45, 2.75) is 58.7 Å². The molecule has 34 heavy (non-hydrogen) atoms. The largest absolute Gasteiger partial charge is 0.350 e. The number of hydrogen-bond donors (Lipinski definition) is 3. The molecule has 1 aromatic rings. The van der Waals surface area contributed by atoms with Crippen molar-refractivity contribution in [1.29, 1.82) is 0 Å². The van der Waals surface area contributed by atoms with Gasteiger partial charge in [-0.3, -0.25) is 19.2 Å². The number of nitrogens with one attached hydrogen (secondary N) is 3. The lowest BCUT2D eigenvalue weighted by Gasteiger charge is -2.36. The molecule has 2 heterocycles. The molecule has 3 amide bonds. The highest BCUT2D eigenvalue weighted by Gasteiger charge is 2.44. The van der Waals surface area contributed by atoms with Gasteiger partial charge < -0.3 is 20.9 Å². The summed E-state index contributed by atoms with van der Waals surface area (Å²) in [6, 6.07) is 5.48. The maximum absolute atomic E-state index is 13.6. The third-order valence-corrected chi connectivity index (χ3v) is 6.43. The van der Waals surface area contributed by atoms with E-state index in [4.69, 9.17) is 6.42 Å². The summed E-state index contributed by atoms with van der Waals surface area (Å²) < 4.78 is 0. The molecule has 0 aliphatic carbocycles. The van der Waals surface area contributed by atoms with Crippen molar-refractivity contribution < 1.29 is 19.2 Å². The minimum atomic E-state index is -0.898. The Morgan fingerprint density at radius 2 is 1.79 bits per heavy atom. The number of rotatable bonds is 6. The van der Waals surface area contributed by atoms with E-state index in [1.807, 2.05) is 32.9 Å². The van der Waals surface area contributed by atoms with Crippen molar-refractivity contribution in [1.82, 2.24) is 20.9 Å². The maximum atomic E-state index is 13.6. The predicted molar refractivity (Wildman–Crippen MR) is 128 cm³/mol. The number of amides is 3. The highest BCUT2D eigenvalue weighted by Crippen LogP contribution is 2.26. The third kappa shape index (κ3) is 6.23. The number of carbonyl (C=O) groups is 4. The molecule has 3 N–H and O–H groups in total. The Bertz CT molecular complexity index is 968. The van der Waals surface area contributed by atoms with Crippen LogP contribution in [-0.4, -0.2) is 60.1 Å². The van der Waals surface area contributed by atoms with Crippen molar-refractivity contribution in [3.8, 4) is 12.3 Å². The zero-order valence-corrected chi connectivity index (χ0v) is 20.1. The number of carbonyl (C=O) groups excluding carboxylic acids is 4. The predicted octanol–water partition coefficient (Wildman–Crippen LogP) is 0.985. The SMILES string of the molecule is C#Cc1ccc(CNC(=O)[C@@H]2CC(=O)CN2C(=O)[C@@H](NC(=O)C2CCNCC2)C(C)(C)C)cc1. The summed E-state index contributed by atoms with van der Waals surface area (Å²) in [5.74, 6) is 1.26. The van der Waals surface area contributed by atoms with Gasteiger partial charge in [0.25, 0.3) is 0 Å². The van der Waals surface area contributed by atoms with E-state index in [-0.39, 0.29) is 37.1 Å². The second kappa shape index (κ2) is 10.8. The molecular formula is C26H34N4O4. The lowest BCUT2D eigenvalue weighted by Crippen LogP contribution is -2.58. The maximum Gasteiger partial charge on any atom is 0.246 e. The molecule has 1 aromatic carbocycles. The minimum absolute atomic E-state index is 0.0350. The van der Waals surface area contributed by atoms with Crippen LogP contribution in [-0.2, 0) is 25.7 Å². The van der Waals surface area contributed by atoms with Crippen molar-refractivity contribution in [3.05, 3.63) is 35.4 Å². The van der Waals surface area contributed by atoms with E-state index in [1.165, 1.54) is 4.90 Å². The second-order valence-corrected chi connectivity index (χ2v) is 10.1. The van der Waals surface area contributed by atoms with Gasteiger partial charge in [0, 0.05) is 24.4 Å². The Morgan fingerprint density at radius 3 is 2.38 bits per heavy atom. The number of hydrogen-bond acceptors (Lipinski definition) is 5. The van der Waals surface area contributed by atoms with E-state index in [2.05, 4.69) is 21.9 Å². The summed E-state index contributed by atoms with van der Waals surface area (Å²) in [5, 5.41) is 8.98. The molecule has 182 valence electrons. The molecule has 2 saturated heterocycles. The first-order valence-electron chi connectivity index (χ1n) is 11.8. The van der Waals surface area contributed by atoms with Crippen LogP contribution in [0.2, 0.25) is 0 Å². The van der Waals surface area contributed by atoms with E-state index in [9.17, 15) is 19.2 Å². The molecule has 8 heteroatoms. The fourth-order valence-corrected chi connectivity index (χ4v) is 4.34. The Labute approximate surface area is 201 Å². The quantitative estimate of drug-likeness (QED) is 0.542. The average Bonchev–Trinajstić information content (AvgIpc) is 3.22. The van der Waals surface area contributed by atoms with Crippen LogP contribution in [0.15, 0.2) is 24.3 Å². The van der Waals surface area contributed by atoms with E-state index >= 15 is 0 Å². The molecule has 8 nitrogen and oxygen atoms in total. The summed E-state index contributed by atoms with van der Waals surface area (Å²) in [6.45, 7) is 7.25. The van der Waals surface area contributed by atoms with Gasteiger partial charge >= 0.3 is 0 Å². The van der Waals surface area contributed by atoms with E-state index in [0.29, 0.717) is 12.8 Å². The van der Waals surface area contributed by atoms with Crippen LogP contribution in [0.5, 0.6) is 0 Å². The van der Waals surface area contributed by atoms with Crippen LogP contribution in [0.3, 0.4) is 0 Å². The lowest BCUT2D eigenvalue weighted by atomic mass is 9.84. The fourth-order valence-electron chi connectivity index (χ4n) is 4.34. The number of nitrogens with zero attached hydrogens (tertiary/aromatic N) is 1. The Morgan fingerprint density at radius 1 is 1.15 bits per heavy atom. The van der Waals surface area contributed by atoms with Gasteiger partial charge in [-0.2, -0.15) is 0 Å². The van der Waals surface area contributed by atoms with Crippen LogP contribution in [0.25, 0.3) is 0 Å². The zero-order chi connectivity index (χ0) is 24.9. The molecule has 0 unspecified atom stereocenters. The van der Waals surface area contributed by atoms with Crippen LogP contribution >= 0.6 is 0 Å². The molecule has 0 radical (unpaired) electrons. The number of terminal acetylenes is 1. The first-order valence-corrected chi connectivity index (χ1v) is 11.8. The molecule has 2 atom stereocenters. The van der Waals surface area contributed by atoms with Crippen molar-refractivity contribution in [3.63, 3.8) is 0 Å². The van der Waals surface area contributed by atoms with Crippen molar-refractivity contribution in [2.24, 2.45) is 11.3 Å². The zero-order valence-electron chi connectivity index (χ0n) is 20.1. The second-order valence-electron chi connectivity index (χ2n) is 10.1. The standard InChI is InChI=1S/C26H34N4O4/c1-5-17-6-8-18(9-7-17)15-28-24(33)21-14-20(31)16-30(21)25(34)22(26(2,3)4)29-23(32)19-10-12-27-13-11-19/h1,6-9,19,21-22,27H,10-16H2,2-4H3,(H,28,33)(H,29,32)/t21-,22+/m0/s1. The Hall–Kier alpha value is -3.18. The van der Waals surface area contributed by atoms with Crippen LogP contribution in [0.1, 0.15) is 51.2 Å². The Kier molecular flexibility index (Phi) is 8.11. The van der Waals surface area contributed by atoms with Crippen molar-refractivity contribution in [2.75, 3.05) is 19.6 Å². The van der Waals surface area contributed by atoms with Gasteiger partial charge in [-0.05, 0) is 49.0 Å². The number of likely N-dealkylation sites (tertiary alicyclic amines) is 1. The normalized spacial score (nSPS) is 19.9. The first-order chi connectivity index (χ1) is 16.1. The average molecular weight is 467 g/mol. The first kappa shape index (κ1) is 25.4. The molecular weight excluding hydrogens is 432 g/mol. The minimum Gasteiger partial charge on any atom is -0.350 e. The lowest BCUT2D eigenvalue weighted by molar-refractivity contribution is -0.144. The van der Waals surface area contributed by atoms with Crippen LogP contribution in [0.4, 0.5) is 0 Å². The summed E-state index contributed by atoms with van der Waals surface area (Å²) in [6.07, 6.45) is 6.76. The van der Waals surface area contributed by atoms with Gasteiger partial charge in [-0.15, -0.1) is 6.42 Å². The van der Waals surface area contributed by atoms with Crippen molar-refractivity contribution >= 4 is 23.5 Å². The van der Waals surface area contributed by atoms with E-state index < -0.39 is 29.3 Å². The molecule has 3 rings (SSSR count). The highest BCUT2D eigenvalue weighted by atomic mass is 16.2. The van der Waals surface area contributed by atoms with Gasteiger partial charge in [0.15, 0.2) is 5.78 Å². The van der Waals surface area contributed by atoms with Crippen LogP contribution in [0, 0.1) is 23.7 Å². The van der Waals surface area contributed by atoms with Crippen LogP contribution < -0.4 is 16.0 Å². The van der Waals surface area contributed by atoms with Gasteiger partial charge in [0.1, 0.15) is 12.1 Å². The summed E-state index contributed by atoms with van der Waals surface area (Å²) >= 11 is 0. The number of benzene rings is 1. The topological polar surface area (TPSA) is 108 Å². The summed E-state index contributed by atoms with van der Waals surface area (Å²) in [4.78, 5) is 53.0. The van der Waals surface area contributed by atoms with Gasteiger partial charge in [-0.1, -0.05) is 38.8 Å². The van der Waals surface area contributed by atoms with Gasteiger partial charge in [0.05, 0.1) is 6.54 Å². The molecule has 0 bridgehead atoms.